The zero-order valence-electron chi connectivity index (χ0n) is 8.89. The average molecular weight is 241 g/mol. The van der Waals surface area contributed by atoms with E-state index in [-0.39, 0.29) is 10.6 Å². The Kier molecular flexibility index (Phi) is 2.77. The molecule has 1 aromatic carbocycles. The number of sulfonamides is 1. The smallest absolute Gasteiger partial charge is 0.245 e. The second kappa shape index (κ2) is 3.95. The molecule has 1 aliphatic heterocycles. The molecule has 1 aromatic rings. The molecule has 0 bridgehead atoms. The molecule has 1 saturated heterocycles. The van der Waals surface area contributed by atoms with Crippen molar-refractivity contribution in [2.75, 3.05) is 24.6 Å². The first-order chi connectivity index (χ1) is 7.53. The normalized spacial score (nSPS) is 17.8. The molecule has 1 heterocycles. The van der Waals surface area contributed by atoms with Crippen LogP contribution in [0.3, 0.4) is 0 Å². The van der Waals surface area contributed by atoms with E-state index in [0.29, 0.717) is 18.8 Å². The Bertz CT molecular complexity index is 493. The van der Waals surface area contributed by atoms with Crippen LogP contribution in [0.15, 0.2) is 23.1 Å². The van der Waals surface area contributed by atoms with Gasteiger partial charge in [0.15, 0.2) is 0 Å². The topological polar surface area (TPSA) is 89.4 Å². The number of hydrogen-bond donors (Lipinski definition) is 2. The summed E-state index contributed by atoms with van der Waals surface area (Å²) in [4.78, 5) is 0.120. The molecule has 88 valence electrons. The van der Waals surface area contributed by atoms with Crippen LogP contribution in [0.2, 0.25) is 0 Å². The molecule has 1 aliphatic rings. The number of nitrogen functional groups attached to an aromatic ring is 2. The van der Waals surface area contributed by atoms with Crippen LogP contribution in [-0.4, -0.2) is 25.8 Å². The molecule has 0 aliphatic carbocycles. The molecule has 0 unspecified atom stereocenters. The first kappa shape index (κ1) is 11.2. The third-order valence-electron chi connectivity index (χ3n) is 2.78. The van der Waals surface area contributed by atoms with E-state index in [9.17, 15) is 8.42 Å². The summed E-state index contributed by atoms with van der Waals surface area (Å²) in [5.41, 5.74) is 11.8. The van der Waals surface area contributed by atoms with Crippen molar-refractivity contribution in [1.29, 1.82) is 0 Å². The van der Waals surface area contributed by atoms with Gasteiger partial charge in [-0.15, -0.1) is 0 Å². The lowest BCUT2D eigenvalue weighted by Gasteiger charge is -2.17. The number of hydrogen-bond acceptors (Lipinski definition) is 4. The lowest BCUT2D eigenvalue weighted by Crippen LogP contribution is -2.28. The largest absolute Gasteiger partial charge is 0.397 e. The highest BCUT2D eigenvalue weighted by molar-refractivity contribution is 7.89. The van der Waals surface area contributed by atoms with E-state index in [1.807, 2.05) is 0 Å². The predicted octanol–water partition coefficient (Wildman–Crippen LogP) is 0.636. The SMILES string of the molecule is Nc1cccc(S(=O)(=O)N2CCCC2)c1N. The Labute approximate surface area is 95.1 Å². The highest BCUT2D eigenvalue weighted by Crippen LogP contribution is 2.28. The van der Waals surface area contributed by atoms with Gasteiger partial charge < -0.3 is 11.5 Å². The van der Waals surface area contributed by atoms with Gasteiger partial charge >= 0.3 is 0 Å². The molecule has 5 nitrogen and oxygen atoms in total. The minimum Gasteiger partial charge on any atom is -0.397 e. The zero-order valence-corrected chi connectivity index (χ0v) is 9.70. The number of nitrogens with zero attached hydrogens (tertiary/aromatic N) is 1. The van der Waals surface area contributed by atoms with Crippen molar-refractivity contribution in [2.45, 2.75) is 17.7 Å². The monoisotopic (exact) mass is 241 g/mol. The minimum absolute atomic E-state index is 0.120. The van der Waals surface area contributed by atoms with Crippen molar-refractivity contribution >= 4 is 21.4 Å². The van der Waals surface area contributed by atoms with Gasteiger partial charge in [-0.05, 0) is 25.0 Å². The summed E-state index contributed by atoms with van der Waals surface area (Å²) in [6, 6.07) is 4.70. The number of anilines is 2. The van der Waals surface area contributed by atoms with Gasteiger partial charge in [0.25, 0.3) is 0 Å². The molecule has 16 heavy (non-hydrogen) atoms. The highest BCUT2D eigenvalue weighted by atomic mass is 32.2. The summed E-state index contributed by atoms with van der Waals surface area (Å²) in [7, 11) is -3.46. The van der Waals surface area contributed by atoms with Crippen molar-refractivity contribution in [1.82, 2.24) is 4.31 Å². The molecule has 6 heteroatoms. The van der Waals surface area contributed by atoms with Gasteiger partial charge in [0.2, 0.25) is 10.0 Å². The van der Waals surface area contributed by atoms with Crippen LogP contribution in [0.5, 0.6) is 0 Å². The molecule has 0 atom stereocenters. The fourth-order valence-electron chi connectivity index (χ4n) is 1.85. The van der Waals surface area contributed by atoms with Gasteiger partial charge in [0, 0.05) is 13.1 Å². The van der Waals surface area contributed by atoms with Gasteiger partial charge in [0.1, 0.15) is 4.90 Å². The van der Waals surface area contributed by atoms with Gasteiger partial charge in [0.05, 0.1) is 11.4 Å². The maximum Gasteiger partial charge on any atom is 0.245 e. The fourth-order valence-corrected chi connectivity index (χ4v) is 3.52. The number of rotatable bonds is 2. The molecular weight excluding hydrogens is 226 g/mol. The van der Waals surface area contributed by atoms with Crippen molar-refractivity contribution in [3.05, 3.63) is 18.2 Å². The number of para-hydroxylation sites is 1. The third kappa shape index (κ3) is 1.74. The molecule has 2 rings (SSSR count). The Morgan fingerprint density at radius 1 is 1.12 bits per heavy atom. The van der Waals surface area contributed by atoms with Crippen molar-refractivity contribution in [3.63, 3.8) is 0 Å². The maximum atomic E-state index is 12.2. The van der Waals surface area contributed by atoms with Crippen LogP contribution in [0.1, 0.15) is 12.8 Å². The third-order valence-corrected chi connectivity index (χ3v) is 4.74. The Hall–Kier alpha value is -1.27. The summed E-state index contributed by atoms with van der Waals surface area (Å²) in [6.07, 6.45) is 1.81. The van der Waals surface area contributed by atoms with Gasteiger partial charge in [-0.3, -0.25) is 0 Å². The number of benzene rings is 1. The Balaban J connectivity index is 2.47. The Morgan fingerprint density at radius 2 is 1.75 bits per heavy atom. The molecular formula is C10H15N3O2S. The van der Waals surface area contributed by atoms with Crippen molar-refractivity contribution in [2.24, 2.45) is 0 Å². The molecule has 0 amide bonds. The van der Waals surface area contributed by atoms with Crippen LogP contribution in [0.25, 0.3) is 0 Å². The van der Waals surface area contributed by atoms with Crippen LogP contribution in [-0.2, 0) is 10.0 Å². The van der Waals surface area contributed by atoms with Crippen LogP contribution >= 0.6 is 0 Å². The van der Waals surface area contributed by atoms with Gasteiger partial charge in [-0.2, -0.15) is 4.31 Å². The summed E-state index contributed by atoms with van der Waals surface area (Å²) >= 11 is 0. The summed E-state index contributed by atoms with van der Waals surface area (Å²) < 4.78 is 25.9. The second-order valence-corrected chi connectivity index (χ2v) is 5.78. The van der Waals surface area contributed by atoms with Crippen LogP contribution < -0.4 is 11.5 Å². The van der Waals surface area contributed by atoms with E-state index in [1.54, 1.807) is 12.1 Å². The molecule has 1 fully saturated rings. The highest BCUT2D eigenvalue weighted by Gasteiger charge is 2.29. The molecule has 0 saturated carbocycles. The van der Waals surface area contributed by atoms with E-state index >= 15 is 0 Å². The van der Waals surface area contributed by atoms with Crippen molar-refractivity contribution in [3.8, 4) is 0 Å². The summed E-state index contributed by atoms with van der Waals surface area (Å²) in [5, 5.41) is 0. The number of nitrogens with two attached hydrogens (primary N) is 2. The summed E-state index contributed by atoms with van der Waals surface area (Å²) in [5.74, 6) is 0. The standard InChI is InChI=1S/C10H15N3O2S/c11-8-4-3-5-9(10(8)12)16(14,15)13-6-1-2-7-13/h3-5H,1-2,6-7,11-12H2. The van der Waals surface area contributed by atoms with E-state index < -0.39 is 10.0 Å². The molecule has 0 radical (unpaired) electrons. The summed E-state index contributed by atoms with van der Waals surface area (Å²) in [6.45, 7) is 1.13. The van der Waals surface area contributed by atoms with E-state index in [1.165, 1.54) is 10.4 Å². The van der Waals surface area contributed by atoms with Gasteiger partial charge in [-0.25, -0.2) is 8.42 Å². The van der Waals surface area contributed by atoms with E-state index in [0.717, 1.165) is 12.8 Å². The average Bonchev–Trinajstić information content (AvgIpc) is 2.75. The first-order valence-electron chi connectivity index (χ1n) is 5.17. The van der Waals surface area contributed by atoms with Crippen LogP contribution in [0.4, 0.5) is 11.4 Å². The quantitative estimate of drug-likeness (QED) is 0.743. The molecule has 0 spiro atoms. The second-order valence-electron chi connectivity index (χ2n) is 3.87. The predicted molar refractivity (Wildman–Crippen MR) is 63.3 cm³/mol. The Morgan fingerprint density at radius 3 is 2.38 bits per heavy atom. The lowest BCUT2D eigenvalue weighted by molar-refractivity contribution is 0.478. The minimum atomic E-state index is -3.46. The first-order valence-corrected chi connectivity index (χ1v) is 6.61. The molecule has 0 aromatic heterocycles. The van der Waals surface area contributed by atoms with Gasteiger partial charge in [-0.1, -0.05) is 6.07 Å². The van der Waals surface area contributed by atoms with Crippen molar-refractivity contribution < 1.29 is 8.42 Å². The maximum absolute atomic E-state index is 12.2. The zero-order chi connectivity index (χ0) is 11.8. The fraction of sp³-hybridized carbons (Fsp3) is 0.400. The lowest BCUT2D eigenvalue weighted by atomic mass is 10.3. The van der Waals surface area contributed by atoms with Crippen LogP contribution in [0, 0.1) is 0 Å². The molecule has 4 N–H and O–H groups in total. The van der Waals surface area contributed by atoms with E-state index in [4.69, 9.17) is 11.5 Å². The van der Waals surface area contributed by atoms with E-state index in [2.05, 4.69) is 0 Å².